The van der Waals surface area contributed by atoms with Crippen LogP contribution < -0.4 is 5.32 Å². The number of nitriles is 1. The number of pyridine rings is 1. The van der Waals surface area contributed by atoms with Crippen molar-refractivity contribution in [2.45, 2.75) is 64.1 Å². The van der Waals surface area contributed by atoms with Crippen molar-refractivity contribution in [1.29, 1.82) is 5.26 Å². The minimum absolute atomic E-state index is 0.0735. The molecule has 1 amide bonds. The molecule has 0 radical (unpaired) electrons. The lowest BCUT2D eigenvalue weighted by Gasteiger charge is -2.31. The molecule has 3 rings (SSSR count). The molecule has 0 saturated heterocycles. The number of hydrogen-bond acceptors (Lipinski definition) is 5. The molecule has 1 fully saturated rings. The molecule has 0 spiro atoms. The number of carbonyl (C=O) groups excluding carboxylic acids is 1. The largest absolute Gasteiger partial charge is 0.444 e. The number of fused-ring (bicyclic) bond motifs is 1. The van der Waals surface area contributed by atoms with E-state index >= 15 is 0 Å². The van der Waals surface area contributed by atoms with Crippen molar-refractivity contribution in [3.8, 4) is 6.07 Å². The number of carbonyl (C=O) groups is 1. The zero-order valence-electron chi connectivity index (χ0n) is 14.8. The number of ether oxygens (including phenoxy) is 1. The summed E-state index contributed by atoms with van der Waals surface area (Å²) in [5.41, 5.74) is 1.51. The Hall–Kier alpha value is -2.62. The highest BCUT2D eigenvalue weighted by molar-refractivity contribution is 5.72. The third-order valence-electron chi connectivity index (χ3n) is 4.30. The molecule has 1 saturated carbocycles. The molecule has 0 aliphatic heterocycles. The van der Waals surface area contributed by atoms with Gasteiger partial charge in [0.15, 0.2) is 5.65 Å². The predicted molar refractivity (Wildman–Crippen MR) is 92.9 cm³/mol. The first kappa shape index (κ1) is 17.2. The smallest absolute Gasteiger partial charge is 0.407 e. The van der Waals surface area contributed by atoms with Gasteiger partial charge in [-0.2, -0.15) is 5.26 Å². The molecular weight excluding hydrogens is 318 g/mol. The second-order valence-corrected chi connectivity index (χ2v) is 7.49. The summed E-state index contributed by atoms with van der Waals surface area (Å²) in [5.74, 6) is 0. The maximum atomic E-state index is 12.0. The van der Waals surface area contributed by atoms with Gasteiger partial charge in [-0.25, -0.2) is 14.8 Å². The molecule has 1 N–H and O–H groups in total. The number of amides is 1. The molecule has 2 aromatic rings. The average molecular weight is 341 g/mol. The summed E-state index contributed by atoms with van der Waals surface area (Å²) in [6, 6.07) is 4.13. The van der Waals surface area contributed by atoms with Crippen LogP contribution in [-0.4, -0.2) is 32.3 Å². The number of hydrogen-bond donors (Lipinski definition) is 1. The van der Waals surface area contributed by atoms with Crippen molar-refractivity contribution in [2.75, 3.05) is 0 Å². The molecule has 0 aromatic carbocycles. The van der Waals surface area contributed by atoms with Gasteiger partial charge in [0.2, 0.25) is 0 Å². The fourth-order valence-electron chi connectivity index (χ4n) is 3.27. The normalized spacial score (nSPS) is 20.9. The molecule has 1 aliphatic carbocycles. The Bertz CT molecular complexity index is 815. The van der Waals surface area contributed by atoms with E-state index in [9.17, 15) is 4.79 Å². The number of imidazole rings is 1. The van der Waals surface area contributed by atoms with Crippen molar-refractivity contribution < 1.29 is 9.53 Å². The van der Waals surface area contributed by atoms with Gasteiger partial charge >= 0.3 is 6.09 Å². The fraction of sp³-hybridized carbons (Fsp3) is 0.556. The van der Waals surface area contributed by atoms with Crippen LogP contribution in [0, 0.1) is 11.3 Å². The van der Waals surface area contributed by atoms with Gasteiger partial charge in [-0.3, -0.25) is 0 Å². The predicted octanol–water partition coefficient (Wildman–Crippen LogP) is 3.31. The molecule has 7 nitrogen and oxygen atoms in total. The fourth-order valence-corrected chi connectivity index (χ4v) is 3.27. The summed E-state index contributed by atoms with van der Waals surface area (Å²) < 4.78 is 7.40. The van der Waals surface area contributed by atoms with Gasteiger partial charge in [0.05, 0.1) is 11.9 Å². The molecule has 25 heavy (non-hydrogen) atoms. The topological polar surface area (TPSA) is 92.8 Å². The zero-order valence-corrected chi connectivity index (χ0v) is 14.8. The lowest BCUT2D eigenvalue weighted by Crippen LogP contribution is -2.41. The van der Waals surface area contributed by atoms with E-state index in [-0.39, 0.29) is 18.2 Å². The lowest BCUT2D eigenvalue weighted by molar-refractivity contribution is 0.0486. The SMILES string of the molecule is CC(C)(C)OC(=O)N[C@@H]1CCC[C@H](n2cnc3cc(C#N)cnc32)C1. The van der Waals surface area contributed by atoms with Crippen LogP contribution in [0.15, 0.2) is 18.6 Å². The quantitative estimate of drug-likeness (QED) is 0.904. The molecule has 0 bridgehead atoms. The van der Waals surface area contributed by atoms with Crippen LogP contribution in [0.1, 0.15) is 58.1 Å². The van der Waals surface area contributed by atoms with E-state index in [0.29, 0.717) is 5.56 Å². The van der Waals surface area contributed by atoms with Gasteiger partial charge in [0.25, 0.3) is 0 Å². The van der Waals surface area contributed by atoms with E-state index in [2.05, 4.69) is 25.9 Å². The molecule has 7 heteroatoms. The van der Waals surface area contributed by atoms with E-state index in [4.69, 9.17) is 10.00 Å². The van der Waals surface area contributed by atoms with Crippen LogP contribution in [0.25, 0.3) is 11.2 Å². The maximum Gasteiger partial charge on any atom is 0.407 e. The Balaban J connectivity index is 1.71. The number of nitrogens with zero attached hydrogens (tertiary/aromatic N) is 4. The van der Waals surface area contributed by atoms with Crippen molar-refractivity contribution in [2.24, 2.45) is 0 Å². The van der Waals surface area contributed by atoms with Crippen molar-refractivity contribution in [1.82, 2.24) is 19.9 Å². The van der Waals surface area contributed by atoms with Crippen LogP contribution in [0.3, 0.4) is 0 Å². The minimum atomic E-state index is -0.499. The van der Waals surface area contributed by atoms with E-state index in [1.165, 1.54) is 0 Å². The highest BCUT2D eigenvalue weighted by Crippen LogP contribution is 2.31. The molecule has 2 atom stereocenters. The Morgan fingerprint density at radius 3 is 2.92 bits per heavy atom. The van der Waals surface area contributed by atoms with Gasteiger partial charge in [0, 0.05) is 18.3 Å². The number of rotatable bonds is 2. The van der Waals surface area contributed by atoms with Gasteiger partial charge in [-0.1, -0.05) is 0 Å². The summed E-state index contributed by atoms with van der Waals surface area (Å²) in [5, 5.41) is 12.0. The van der Waals surface area contributed by atoms with Crippen molar-refractivity contribution >= 4 is 17.3 Å². The number of nitrogens with one attached hydrogen (secondary N) is 1. The van der Waals surface area contributed by atoms with Crippen LogP contribution in [0.2, 0.25) is 0 Å². The first-order valence-corrected chi connectivity index (χ1v) is 8.58. The Morgan fingerprint density at radius 2 is 2.20 bits per heavy atom. The Labute approximate surface area is 147 Å². The summed E-state index contributed by atoms with van der Waals surface area (Å²) >= 11 is 0. The minimum Gasteiger partial charge on any atom is -0.444 e. The molecule has 2 aromatic heterocycles. The second-order valence-electron chi connectivity index (χ2n) is 7.49. The van der Waals surface area contributed by atoms with Crippen LogP contribution >= 0.6 is 0 Å². The summed E-state index contributed by atoms with van der Waals surface area (Å²) in [4.78, 5) is 20.8. The number of aromatic nitrogens is 3. The monoisotopic (exact) mass is 341 g/mol. The van der Waals surface area contributed by atoms with E-state index < -0.39 is 5.60 Å². The third kappa shape index (κ3) is 4.08. The average Bonchev–Trinajstić information content (AvgIpc) is 2.96. The molecule has 2 heterocycles. The van der Waals surface area contributed by atoms with Gasteiger partial charge < -0.3 is 14.6 Å². The van der Waals surface area contributed by atoms with Crippen molar-refractivity contribution in [3.05, 3.63) is 24.2 Å². The summed E-state index contributed by atoms with van der Waals surface area (Å²) in [6.45, 7) is 5.57. The summed E-state index contributed by atoms with van der Waals surface area (Å²) in [6.07, 6.45) is 6.76. The zero-order chi connectivity index (χ0) is 18.0. The lowest BCUT2D eigenvalue weighted by atomic mass is 9.91. The first-order chi connectivity index (χ1) is 11.9. The van der Waals surface area contributed by atoms with Gasteiger partial charge in [0.1, 0.15) is 17.2 Å². The van der Waals surface area contributed by atoms with Gasteiger partial charge in [-0.05, 0) is 52.5 Å². The van der Waals surface area contributed by atoms with E-state index in [1.54, 1.807) is 18.6 Å². The maximum absolute atomic E-state index is 12.0. The summed E-state index contributed by atoms with van der Waals surface area (Å²) in [7, 11) is 0. The first-order valence-electron chi connectivity index (χ1n) is 8.58. The Morgan fingerprint density at radius 1 is 1.40 bits per heavy atom. The molecule has 132 valence electrons. The van der Waals surface area contributed by atoms with Crippen molar-refractivity contribution in [3.63, 3.8) is 0 Å². The van der Waals surface area contributed by atoms with Gasteiger partial charge in [-0.15, -0.1) is 0 Å². The van der Waals surface area contributed by atoms with Crippen LogP contribution in [0.5, 0.6) is 0 Å². The van der Waals surface area contributed by atoms with Crippen LogP contribution in [0.4, 0.5) is 4.79 Å². The standard InChI is InChI=1S/C18H23N5O2/c1-18(2,3)25-17(24)22-13-5-4-6-14(8-13)23-11-21-15-7-12(9-19)10-20-16(15)23/h7,10-11,13-14H,4-6,8H2,1-3H3,(H,22,24)/t13-,14+/m1/s1. The highest BCUT2D eigenvalue weighted by atomic mass is 16.6. The highest BCUT2D eigenvalue weighted by Gasteiger charge is 2.27. The molecule has 0 unspecified atom stereocenters. The molecular formula is C18H23N5O2. The van der Waals surface area contributed by atoms with Crippen LogP contribution in [-0.2, 0) is 4.74 Å². The second kappa shape index (κ2) is 6.71. The third-order valence-corrected chi connectivity index (χ3v) is 4.30. The Kier molecular flexibility index (Phi) is 4.62. The molecule has 1 aliphatic rings. The number of alkyl carbamates (subject to hydrolysis) is 1. The van der Waals surface area contributed by atoms with E-state index in [0.717, 1.165) is 36.8 Å². The van der Waals surface area contributed by atoms with E-state index in [1.807, 2.05) is 20.8 Å².